The maximum Gasteiger partial charge on any atom is 0.334 e. The van der Waals surface area contributed by atoms with Gasteiger partial charge in [-0.3, -0.25) is 9.69 Å². The highest BCUT2D eigenvalue weighted by Crippen LogP contribution is 2.45. The third kappa shape index (κ3) is 7.55. The van der Waals surface area contributed by atoms with Gasteiger partial charge in [-0.2, -0.15) is 0 Å². The second-order valence-electron chi connectivity index (χ2n) is 12.0. The number of nitrogens with zero attached hydrogens (tertiary/aromatic N) is 3. The van der Waals surface area contributed by atoms with Gasteiger partial charge in [-0.05, 0) is 43.4 Å². The smallest absolute Gasteiger partial charge is 0.334 e. The molecule has 2 aliphatic heterocycles. The van der Waals surface area contributed by atoms with Crippen LogP contribution in [0.1, 0.15) is 55.5 Å². The summed E-state index contributed by atoms with van der Waals surface area (Å²) in [6.07, 6.45) is 5.80. The number of rotatable bonds is 13. The molecule has 2 fully saturated rings. The summed E-state index contributed by atoms with van der Waals surface area (Å²) in [5, 5.41) is 30.5. The number of carbonyl (C=O) groups excluding carboxylic acids is 1. The predicted molar refractivity (Wildman–Crippen MR) is 175 cm³/mol. The number of nitrogens with one attached hydrogen (secondary N) is 2. The fraction of sp³-hybridized carbons (Fsp3) is 0.500. The van der Waals surface area contributed by atoms with Crippen molar-refractivity contribution in [3.8, 4) is 0 Å². The first kappa shape index (κ1) is 33.4. The van der Waals surface area contributed by atoms with Gasteiger partial charge in [-0.25, -0.2) is 14.6 Å². The van der Waals surface area contributed by atoms with Crippen molar-refractivity contribution < 1.29 is 24.6 Å². The number of hydrogen-bond donors (Lipinski definition) is 4. The summed E-state index contributed by atoms with van der Waals surface area (Å²) in [5.41, 5.74) is 0.531. The summed E-state index contributed by atoms with van der Waals surface area (Å²) >= 11 is 14.6. The van der Waals surface area contributed by atoms with Crippen molar-refractivity contribution in [1.29, 1.82) is 0 Å². The number of aromatic nitrogens is 1. The Morgan fingerprint density at radius 1 is 1.04 bits per heavy atom. The van der Waals surface area contributed by atoms with Gasteiger partial charge in [0.2, 0.25) is 5.91 Å². The molecule has 0 radical (unpaired) electrons. The van der Waals surface area contributed by atoms with Gasteiger partial charge in [0.15, 0.2) is 0 Å². The van der Waals surface area contributed by atoms with Gasteiger partial charge in [-0.15, -0.1) is 11.3 Å². The van der Waals surface area contributed by atoms with Crippen LogP contribution >= 0.6 is 34.5 Å². The van der Waals surface area contributed by atoms with Crippen LogP contribution in [0.5, 0.6) is 0 Å². The van der Waals surface area contributed by atoms with E-state index in [1.165, 1.54) is 30.6 Å². The monoisotopic (exact) mass is 675 g/mol. The molecule has 1 amide bonds. The van der Waals surface area contributed by atoms with Crippen molar-refractivity contribution >= 4 is 52.4 Å². The Bertz CT molecular complexity index is 1460. The van der Waals surface area contributed by atoms with Crippen LogP contribution in [-0.2, 0) is 20.8 Å². The highest BCUT2D eigenvalue weighted by molar-refractivity contribution is 7.09. The van der Waals surface area contributed by atoms with Crippen LogP contribution in [0, 0.1) is 5.41 Å². The highest BCUT2D eigenvalue weighted by atomic mass is 35.5. The molecule has 1 saturated carbocycles. The first-order chi connectivity index (χ1) is 21.6. The molecule has 0 spiro atoms. The fourth-order valence-electron chi connectivity index (χ4n) is 6.69. The molecule has 10 nitrogen and oxygen atoms in total. The van der Waals surface area contributed by atoms with E-state index in [4.69, 9.17) is 23.2 Å². The number of thiazole rings is 1. The molecule has 5 rings (SSSR count). The minimum atomic E-state index is -1.35. The summed E-state index contributed by atoms with van der Waals surface area (Å²) in [5.74, 6) is -4.15. The lowest BCUT2D eigenvalue weighted by atomic mass is 9.68. The molecule has 45 heavy (non-hydrogen) atoms. The molecule has 3 aliphatic rings. The molecule has 0 bridgehead atoms. The normalized spacial score (nSPS) is 20.2. The molecule has 1 saturated heterocycles. The van der Waals surface area contributed by atoms with Crippen molar-refractivity contribution in [2.24, 2.45) is 5.41 Å². The summed E-state index contributed by atoms with van der Waals surface area (Å²) in [7, 11) is 0. The minimum Gasteiger partial charge on any atom is -0.478 e. The number of carboxylic acids is 2. The number of aliphatic carboxylic acids is 2. The third-order valence-corrected chi connectivity index (χ3v) is 10.6. The minimum absolute atomic E-state index is 0.145. The largest absolute Gasteiger partial charge is 0.478 e. The topological polar surface area (TPSA) is 135 Å². The zero-order valence-corrected chi connectivity index (χ0v) is 27.6. The molecule has 242 valence electrons. The molecular weight excluding hydrogens is 637 g/mol. The van der Waals surface area contributed by atoms with Gasteiger partial charge in [-0.1, -0.05) is 42.6 Å². The van der Waals surface area contributed by atoms with Crippen LogP contribution in [0.15, 0.2) is 52.3 Å². The maximum absolute atomic E-state index is 13.7. The van der Waals surface area contributed by atoms with E-state index in [0.717, 1.165) is 37.7 Å². The Morgan fingerprint density at radius 2 is 1.71 bits per heavy atom. The first-order valence-electron chi connectivity index (χ1n) is 15.3. The molecular formula is C32H39Cl2N5O5S. The van der Waals surface area contributed by atoms with Crippen LogP contribution in [0.25, 0.3) is 0 Å². The second kappa shape index (κ2) is 14.6. The summed E-state index contributed by atoms with van der Waals surface area (Å²) < 4.78 is 0. The van der Waals surface area contributed by atoms with Crippen LogP contribution in [-0.4, -0.2) is 88.7 Å². The Balaban J connectivity index is 1.40. The first-order valence-corrected chi connectivity index (χ1v) is 17.0. The van der Waals surface area contributed by atoms with E-state index < -0.39 is 17.9 Å². The second-order valence-corrected chi connectivity index (χ2v) is 13.8. The van der Waals surface area contributed by atoms with Gasteiger partial charge >= 0.3 is 11.9 Å². The van der Waals surface area contributed by atoms with Crippen LogP contribution in [0.4, 0.5) is 0 Å². The van der Waals surface area contributed by atoms with E-state index in [1.807, 2.05) is 5.38 Å². The Morgan fingerprint density at radius 3 is 2.27 bits per heavy atom. The van der Waals surface area contributed by atoms with E-state index >= 15 is 0 Å². The van der Waals surface area contributed by atoms with Crippen LogP contribution in [0.3, 0.4) is 0 Å². The van der Waals surface area contributed by atoms with Crippen molar-refractivity contribution in [1.82, 2.24) is 25.4 Å². The third-order valence-electron chi connectivity index (χ3n) is 9.13. The van der Waals surface area contributed by atoms with E-state index in [1.54, 1.807) is 29.3 Å². The molecule has 1 unspecified atom stereocenters. The number of allylic oxidation sites excluding steroid dienone is 1. The van der Waals surface area contributed by atoms with Crippen LogP contribution < -0.4 is 10.6 Å². The molecule has 1 aromatic carbocycles. The lowest BCUT2D eigenvalue weighted by molar-refractivity contribution is -0.133. The molecule has 1 aliphatic carbocycles. The van der Waals surface area contributed by atoms with Gasteiger partial charge < -0.3 is 25.7 Å². The molecule has 1 atom stereocenters. The molecule has 2 aromatic rings. The van der Waals surface area contributed by atoms with Crippen molar-refractivity contribution in [3.05, 3.63) is 72.9 Å². The van der Waals surface area contributed by atoms with E-state index in [0.29, 0.717) is 30.6 Å². The lowest BCUT2D eigenvalue weighted by Gasteiger charge is -2.47. The van der Waals surface area contributed by atoms with Crippen molar-refractivity contribution in [3.63, 3.8) is 0 Å². The number of amides is 1. The molecule has 13 heteroatoms. The Labute approximate surface area is 277 Å². The highest BCUT2D eigenvalue weighted by Gasteiger charge is 2.42. The van der Waals surface area contributed by atoms with Crippen molar-refractivity contribution in [2.75, 3.05) is 45.8 Å². The zero-order chi connectivity index (χ0) is 32.1. The quantitative estimate of drug-likeness (QED) is 0.237. The number of piperazine rings is 1. The summed E-state index contributed by atoms with van der Waals surface area (Å²) in [4.78, 5) is 47.9. The Kier molecular flexibility index (Phi) is 10.9. The maximum atomic E-state index is 13.7. The number of aryl methyl sites for hydroxylation is 1. The van der Waals surface area contributed by atoms with Gasteiger partial charge in [0, 0.05) is 84.3 Å². The zero-order valence-electron chi connectivity index (χ0n) is 25.3. The standard InChI is InChI=1S/C32H39Cl2N5O5S/c1-2-35-18-32(9-4-10-32)19-38-12-14-39(15-13-38)25(40)17-23-28(31(43)44)29(26-20(33)5-3-6-21(26)34)27(30(41)42)22(37-23)7-8-24-36-11-16-45-24/h3,5-6,11,16,29,35,37H,2,4,7-10,12-15,17-19H2,1H3,(H,41,42)(H,43,44). The predicted octanol–water partition coefficient (Wildman–Crippen LogP) is 4.76. The number of carboxylic acid groups (broad SMARTS) is 2. The average Bonchev–Trinajstić information content (AvgIpc) is 3.51. The van der Waals surface area contributed by atoms with E-state index in [2.05, 4.69) is 27.4 Å². The van der Waals surface area contributed by atoms with E-state index in [9.17, 15) is 24.6 Å². The fourth-order valence-corrected chi connectivity index (χ4v) is 7.92. The van der Waals surface area contributed by atoms with Crippen LogP contribution in [0.2, 0.25) is 10.0 Å². The SMILES string of the molecule is CCNCC1(CN2CCN(C(=O)CC3=C(C(=O)O)C(c4c(Cl)cccc4Cl)C(C(=O)O)=C(CCc4nccs4)N3)CC2)CCC1. The van der Waals surface area contributed by atoms with Crippen molar-refractivity contribution in [2.45, 2.75) is 51.4 Å². The Hall–Kier alpha value is -2.96. The average molecular weight is 677 g/mol. The molecule has 1 aromatic heterocycles. The summed E-state index contributed by atoms with van der Waals surface area (Å²) in [6.45, 7) is 7.66. The van der Waals surface area contributed by atoms with Gasteiger partial charge in [0.05, 0.1) is 28.5 Å². The van der Waals surface area contributed by atoms with E-state index in [-0.39, 0.29) is 51.2 Å². The number of halogens is 2. The number of hydrogen-bond acceptors (Lipinski definition) is 8. The van der Waals surface area contributed by atoms with Gasteiger partial charge in [0.1, 0.15) is 0 Å². The summed E-state index contributed by atoms with van der Waals surface area (Å²) in [6, 6.07) is 4.72. The van der Waals surface area contributed by atoms with Gasteiger partial charge in [0.25, 0.3) is 0 Å². The lowest BCUT2D eigenvalue weighted by Crippen LogP contribution is -2.54. The molecule has 4 N–H and O–H groups in total. The number of benzene rings is 1. The number of carbonyl (C=O) groups is 3. The molecule has 3 heterocycles. The number of dihydropyridines is 1.